The smallest absolute Gasteiger partial charge is 0.257 e. The number of carbonyl (C=O) groups excluding carboxylic acids is 2. The van der Waals surface area contributed by atoms with Gasteiger partial charge in [-0.15, -0.1) is 11.3 Å². The Kier molecular flexibility index (Phi) is 5.33. The topological polar surface area (TPSA) is 63.1 Å². The quantitative estimate of drug-likeness (QED) is 0.357. The number of rotatable bonds is 4. The van der Waals surface area contributed by atoms with Gasteiger partial charge in [0.1, 0.15) is 6.04 Å². The highest BCUT2D eigenvalue weighted by Gasteiger charge is 2.28. The lowest BCUT2D eigenvalue weighted by Gasteiger charge is -2.17. The van der Waals surface area contributed by atoms with E-state index in [9.17, 15) is 9.59 Å². The van der Waals surface area contributed by atoms with Crippen LogP contribution >= 0.6 is 22.9 Å². The second kappa shape index (κ2) is 8.30. The average molecular weight is 462 g/mol. The third kappa shape index (κ3) is 3.83. The molecule has 5 nitrogen and oxygen atoms in total. The number of nitrogens with one attached hydrogen (secondary N) is 2. The summed E-state index contributed by atoms with van der Waals surface area (Å²) in [5.74, 6) is -0.312. The summed E-state index contributed by atoms with van der Waals surface area (Å²) < 4.78 is 2.11. The van der Waals surface area contributed by atoms with Gasteiger partial charge in [0.05, 0.1) is 22.1 Å². The summed E-state index contributed by atoms with van der Waals surface area (Å²) in [6.45, 7) is 2.66. The number of aromatic nitrogens is 1. The van der Waals surface area contributed by atoms with Crippen LogP contribution in [0.25, 0.3) is 0 Å². The molecule has 1 atom stereocenters. The molecule has 1 amide bonds. The normalized spacial score (nSPS) is 14.6. The summed E-state index contributed by atoms with van der Waals surface area (Å²) >= 11 is 7.81. The number of benzene rings is 2. The third-order valence-corrected chi connectivity index (χ3v) is 6.78. The van der Waals surface area contributed by atoms with Crippen LogP contribution < -0.4 is 10.6 Å². The molecular formula is C25H20ClN3O2S. The van der Waals surface area contributed by atoms with E-state index in [-0.39, 0.29) is 11.7 Å². The highest BCUT2D eigenvalue weighted by atomic mass is 35.5. The Bertz CT molecular complexity index is 1320. The van der Waals surface area contributed by atoms with Crippen molar-refractivity contribution in [2.75, 3.05) is 10.6 Å². The van der Waals surface area contributed by atoms with Crippen LogP contribution in [0, 0.1) is 6.92 Å². The first-order chi connectivity index (χ1) is 15.5. The second-order valence-electron chi connectivity index (χ2n) is 7.79. The highest BCUT2D eigenvalue weighted by molar-refractivity contribution is 7.14. The number of hydrogen-bond acceptors (Lipinski definition) is 4. The molecule has 0 radical (unpaired) electrons. The molecule has 3 heterocycles. The minimum atomic E-state index is -0.475. The van der Waals surface area contributed by atoms with Crippen LogP contribution in [-0.2, 0) is 6.54 Å². The van der Waals surface area contributed by atoms with Crippen molar-refractivity contribution < 1.29 is 9.59 Å². The third-order valence-electron chi connectivity index (χ3n) is 5.58. The number of carbonyl (C=O) groups is 2. The summed E-state index contributed by atoms with van der Waals surface area (Å²) in [5.41, 5.74) is 4.68. The van der Waals surface area contributed by atoms with Gasteiger partial charge in [0, 0.05) is 28.7 Å². The zero-order valence-corrected chi connectivity index (χ0v) is 18.8. The Morgan fingerprint density at radius 3 is 2.72 bits per heavy atom. The maximum absolute atomic E-state index is 13.4. The minimum Gasteiger partial charge on any atom is -0.362 e. The fraction of sp³-hybridized carbons (Fsp3) is 0.120. The van der Waals surface area contributed by atoms with E-state index in [1.165, 1.54) is 5.56 Å². The molecule has 0 saturated carbocycles. The highest BCUT2D eigenvalue weighted by Crippen LogP contribution is 2.34. The molecule has 0 saturated heterocycles. The van der Waals surface area contributed by atoms with Crippen molar-refractivity contribution in [3.05, 3.63) is 105 Å². The first-order valence-electron chi connectivity index (χ1n) is 10.2. The van der Waals surface area contributed by atoms with Crippen molar-refractivity contribution in [1.29, 1.82) is 0 Å². The Hall–Kier alpha value is -3.35. The molecule has 2 N–H and O–H groups in total. The van der Waals surface area contributed by atoms with Crippen LogP contribution in [-0.4, -0.2) is 16.3 Å². The lowest BCUT2D eigenvalue weighted by molar-refractivity contribution is 0.0966. The lowest BCUT2D eigenvalue weighted by Crippen LogP contribution is -2.22. The van der Waals surface area contributed by atoms with Gasteiger partial charge in [0.25, 0.3) is 5.91 Å². The summed E-state index contributed by atoms with van der Waals surface area (Å²) in [4.78, 5) is 26.0. The number of thiophene rings is 1. The number of hydrogen-bond donors (Lipinski definition) is 2. The first-order valence-corrected chi connectivity index (χ1v) is 11.4. The number of fused-ring (bicyclic) bond motifs is 2. The molecule has 0 spiro atoms. The van der Waals surface area contributed by atoms with Gasteiger partial charge in [-0.1, -0.05) is 17.7 Å². The van der Waals surface area contributed by atoms with E-state index < -0.39 is 6.04 Å². The minimum absolute atomic E-state index is 0.0225. The first kappa shape index (κ1) is 20.5. The number of nitrogens with zero attached hydrogens (tertiary/aromatic N) is 1. The van der Waals surface area contributed by atoms with Gasteiger partial charge in [0.15, 0.2) is 5.78 Å². The molecule has 5 rings (SSSR count). The average Bonchev–Trinajstić information content (AvgIpc) is 3.39. The Balaban J connectivity index is 1.36. The van der Waals surface area contributed by atoms with Crippen molar-refractivity contribution >= 4 is 45.3 Å². The number of anilines is 2. The largest absolute Gasteiger partial charge is 0.362 e. The molecule has 2 aromatic heterocycles. The van der Waals surface area contributed by atoms with E-state index in [2.05, 4.69) is 21.3 Å². The zero-order chi connectivity index (χ0) is 22.2. The van der Waals surface area contributed by atoms with Crippen LogP contribution in [0.3, 0.4) is 0 Å². The Labute approximate surface area is 194 Å². The number of aryl methyl sites for hydroxylation is 1. The molecule has 1 aliphatic heterocycles. The van der Waals surface area contributed by atoms with E-state index in [0.717, 1.165) is 22.8 Å². The van der Waals surface area contributed by atoms with E-state index in [1.54, 1.807) is 47.7 Å². The molecule has 1 unspecified atom stereocenters. The number of amides is 1. The molecule has 32 heavy (non-hydrogen) atoms. The Morgan fingerprint density at radius 2 is 1.94 bits per heavy atom. The van der Waals surface area contributed by atoms with Crippen molar-refractivity contribution in [2.24, 2.45) is 0 Å². The van der Waals surface area contributed by atoms with Crippen molar-refractivity contribution in [1.82, 2.24) is 4.57 Å². The van der Waals surface area contributed by atoms with Gasteiger partial charge in [-0.2, -0.15) is 0 Å². The van der Waals surface area contributed by atoms with Gasteiger partial charge in [-0.3, -0.25) is 9.59 Å². The molecule has 0 aliphatic carbocycles. The molecule has 0 fully saturated rings. The van der Waals surface area contributed by atoms with Gasteiger partial charge < -0.3 is 15.2 Å². The van der Waals surface area contributed by atoms with Crippen LogP contribution in [0.2, 0.25) is 5.02 Å². The fourth-order valence-electron chi connectivity index (χ4n) is 3.90. The SMILES string of the molecule is Cc1ccc(C(=O)Nc2ccc(C(=O)C3Nc4sccc4Cn4cccc43)cc2)c(Cl)c1. The summed E-state index contributed by atoms with van der Waals surface area (Å²) in [6, 6.07) is 17.8. The summed E-state index contributed by atoms with van der Waals surface area (Å²) in [6.07, 6.45) is 2.00. The van der Waals surface area contributed by atoms with Crippen LogP contribution in [0.15, 0.2) is 72.2 Å². The van der Waals surface area contributed by atoms with Crippen molar-refractivity contribution in [3.63, 3.8) is 0 Å². The number of ketones is 1. The van der Waals surface area contributed by atoms with Crippen LogP contribution in [0.4, 0.5) is 10.7 Å². The Morgan fingerprint density at radius 1 is 1.12 bits per heavy atom. The van der Waals surface area contributed by atoms with E-state index in [0.29, 0.717) is 21.8 Å². The van der Waals surface area contributed by atoms with Gasteiger partial charge in [0.2, 0.25) is 0 Å². The number of Topliss-reactive ketones (excluding diaryl/α,β-unsaturated/α-hetero) is 1. The summed E-state index contributed by atoms with van der Waals surface area (Å²) in [5, 5.41) is 9.73. The standard InChI is InChI=1S/C25H20ClN3O2S/c1-15-4-9-19(20(26)13-15)24(31)27-18-7-5-16(6-8-18)23(30)22-21-3-2-11-29(21)14-17-10-12-32-25(17)28-22/h2-13,22,28H,14H2,1H3,(H,27,31). The predicted molar refractivity (Wildman–Crippen MR) is 129 cm³/mol. The van der Waals surface area contributed by atoms with Crippen molar-refractivity contribution in [3.8, 4) is 0 Å². The van der Waals surface area contributed by atoms with E-state index in [1.807, 2.05) is 36.7 Å². The molecule has 160 valence electrons. The molecule has 7 heteroatoms. The van der Waals surface area contributed by atoms with E-state index >= 15 is 0 Å². The molecule has 0 bridgehead atoms. The predicted octanol–water partition coefficient (Wildman–Crippen LogP) is 6.16. The maximum Gasteiger partial charge on any atom is 0.257 e. The van der Waals surface area contributed by atoms with Crippen LogP contribution in [0.1, 0.15) is 43.6 Å². The maximum atomic E-state index is 13.4. The van der Waals surface area contributed by atoms with Gasteiger partial charge in [-0.25, -0.2) is 0 Å². The van der Waals surface area contributed by atoms with E-state index in [4.69, 9.17) is 11.6 Å². The zero-order valence-electron chi connectivity index (χ0n) is 17.3. The van der Waals surface area contributed by atoms with Crippen LogP contribution in [0.5, 0.6) is 0 Å². The monoisotopic (exact) mass is 461 g/mol. The molecular weight excluding hydrogens is 442 g/mol. The molecule has 4 aromatic rings. The van der Waals surface area contributed by atoms with Gasteiger partial charge >= 0.3 is 0 Å². The number of halogens is 1. The van der Waals surface area contributed by atoms with Crippen molar-refractivity contribution in [2.45, 2.75) is 19.5 Å². The molecule has 1 aliphatic rings. The lowest BCUT2D eigenvalue weighted by atomic mass is 10.0. The molecule has 2 aromatic carbocycles. The second-order valence-corrected chi connectivity index (χ2v) is 9.12. The fourth-order valence-corrected chi connectivity index (χ4v) is 5.05. The summed E-state index contributed by atoms with van der Waals surface area (Å²) in [7, 11) is 0. The van der Waals surface area contributed by atoms with Gasteiger partial charge in [-0.05, 0) is 72.5 Å².